The fourth-order valence-electron chi connectivity index (χ4n) is 4.17. The topological polar surface area (TPSA) is 61.4 Å². The summed E-state index contributed by atoms with van der Waals surface area (Å²) in [6.07, 6.45) is 3.57. The smallest absolute Gasteiger partial charge is 0.234 e. The SMILES string of the molecule is O=C1CCC(c2cccc(N3CC4(CCNCC4)C3)c2)C(=O)N1. The van der Waals surface area contributed by atoms with Gasteiger partial charge in [0.1, 0.15) is 0 Å². The van der Waals surface area contributed by atoms with E-state index in [2.05, 4.69) is 27.7 Å². The van der Waals surface area contributed by atoms with Crippen molar-refractivity contribution in [1.29, 1.82) is 0 Å². The lowest BCUT2D eigenvalue weighted by Gasteiger charge is -2.53. The van der Waals surface area contributed by atoms with Gasteiger partial charge in [0.2, 0.25) is 11.8 Å². The number of nitrogens with one attached hydrogen (secondary N) is 2. The van der Waals surface area contributed by atoms with E-state index in [9.17, 15) is 9.59 Å². The minimum absolute atomic E-state index is 0.155. The number of anilines is 1. The lowest BCUT2D eigenvalue weighted by molar-refractivity contribution is -0.134. The quantitative estimate of drug-likeness (QED) is 0.810. The normalized spacial score (nSPS) is 26.8. The maximum Gasteiger partial charge on any atom is 0.234 e. The first-order valence-corrected chi connectivity index (χ1v) is 8.55. The van der Waals surface area contributed by atoms with Crippen LogP contribution in [0.25, 0.3) is 0 Å². The first-order valence-electron chi connectivity index (χ1n) is 8.55. The second-order valence-corrected chi connectivity index (χ2v) is 7.20. The molecule has 1 atom stereocenters. The average molecular weight is 313 g/mol. The molecule has 2 amide bonds. The standard InChI is InChI=1S/C18H23N3O2/c22-16-5-4-15(17(23)20-16)13-2-1-3-14(10-13)21-11-18(12-21)6-8-19-9-7-18/h1-3,10,15,19H,4-9,11-12H2,(H,20,22,23). The van der Waals surface area contributed by atoms with Crippen molar-refractivity contribution in [3.05, 3.63) is 29.8 Å². The van der Waals surface area contributed by atoms with Gasteiger partial charge in [0.15, 0.2) is 0 Å². The molecule has 0 aromatic heterocycles. The second kappa shape index (κ2) is 5.64. The summed E-state index contributed by atoms with van der Waals surface area (Å²) in [5.41, 5.74) is 2.73. The van der Waals surface area contributed by atoms with Crippen LogP contribution in [0.5, 0.6) is 0 Å². The Hall–Kier alpha value is -1.88. The number of benzene rings is 1. The molecule has 0 bridgehead atoms. The van der Waals surface area contributed by atoms with Gasteiger partial charge in [-0.1, -0.05) is 12.1 Å². The fraction of sp³-hybridized carbons (Fsp3) is 0.556. The summed E-state index contributed by atoms with van der Waals surface area (Å²) in [6.45, 7) is 4.50. The third-order valence-electron chi connectivity index (χ3n) is 5.59. The Labute approximate surface area is 136 Å². The van der Waals surface area contributed by atoms with E-state index in [1.165, 1.54) is 18.5 Å². The number of carbonyl (C=O) groups excluding carboxylic acids is 2. The lowest BCUT2D eigenvalue weighted by atomic mass is 9.72. The van der Waals surface area contributed by atoms with Crippen LogP contribution in [-0.4, -0.2) is 38.0 Å². The van der Waals surface area contributed by atoms with Crippen molar-refractivity contribution >= 4 is 17.5 Å². The Morgan fingerprint density at radius 3 is 2.65 bits per heavy atom. The predicted octanol–water partition coefficient (Wildman–Crippen LogP) is 1.40. The van der Waals surface area contributed by atoms with Gasteiger partial charge in [0.25, 0.3) is 0 Å². The largest absolute Gasteiger partial charge is 0.370 e. The van der Waals surface area contributed by atoms with Gasteiger partial charge in [-0.3, -0.25) is 14.9 Å². The molecule has 1 spiro atoms. The Morgan fingerprint density at radius 2 is 1.91 bits per heavy atom. The van der Waals surface area contributed by atoms with Crippen molar-refractivity contribution in [1.82, 2.24) is 10.6 Å². The zero-order valence-corrected chi connectivity index (χ0v) is 13.3. The molecule has 3 heterocycles. The molecule has 2 N–H and O–H groups in total. The van der Waals surface area contributed by atoms with Gasteiger partial charge in [0, 0.05) is 30.6 Å². The maximum atomic E-state index is 12.1. The zero-order valence-electron chi connectivity index (χ0n) is 13.3. The van der Waals surface area contributed by atoms with Crippen LogP contribution >= 0.6 is 0 Å². The van der Waals surface area contributed by atoms with Gasteiger partial charge in [-0.05, 0) is 50.0 Å². The minimum Gasteiger partial charge on any atom is -0.370 e. The molecule has 5 nitrogen and oxygen atoms in total. The van der Waals surface area contributed by atoms with Crippen LogP contribution in [0.4, 0.5) is 5.69 Å². The number of nitrogens with zero attached hydrogens (tertiary/aromatic N) is 1. The minimum atomic E-state index is -0.193. The number of amides is 2. The molecule has 122 valence electrons. The molecule has 23 heavy (non-hydrogen) atoms. The summed E-state index contributed by atoms with van der Waals surface area (Å²) >= 11 is 0. The molecule has 0 aliphatic carbocycles. The third-order valence-corrected chi connectivity index (χ3v) is 5.59. The van der Waals surface area contributed by atoms with Crippen molar-refractivity contribution in [3.8, 4) is 0 Å². The lowest BCUT2D eigenvalue weighted by Crippen LogP contribution is -2.60. The second-order valence-electron chi connectivity index (χ2n) is 7.20. The van der Waals surface area contributed by atoms with E-state index in [0.29, 0.717) is 18.3 Å². The third kappa shape index (κ3) is 2.74. The molecule has 1 unspecified atom stereocenters. The first-order chi connectivity index (χ1) is 11.2. The van der Waals surface area contributed by atoms with E-state index in [-0.39, 0.29) is 17.7 Å². The number of hydrogen-bond acceptors (Lipinski definition) is 4. The molecule has 3 aliphatic heterocycles. The summed E-state index contributed by atoms with van der Waals surface area (Å²) in [7, 11) is 0. The highest BCUT2D eigenvalue weighted by atomic mass is 16.2. The Bertz CT molecular complexity index is 629. The highest BCUT2D eigenvalue weighted by molar-refractivity contribution is 6.01. The van der Waals surface area contributed by atoms with E-state index in [4.69, 9.17) is 0 Å². The van der Waals surface area contributed by atoms with Gasteiger partial charge in [-0.15, -0.1) is 0 Å². The summed E-state index contributed by atoms with van der Waals surface area (Å²) in [5.74, 6) is -0.503. The molecular weight excluding hydrogens is 290 g/mol. The number of piperidine rings is 2. The molecule has 4 rings (SSSR count). The molecular formula is C18H23N3O2. The molecule has 3 saturated heterocycles. The Morgan fingerprint density at radius 1 is 1.13 bits per heavy atom. The zero-order chi connectivity index (χ0) is 15.9. The van der Waals surface area contributed by atoms with E-state index in [1.807, 2.05) is 12.1 Å². The van der Waals surface area contributed by atoms with E-state index in [0.717, 1.165) is 31.7 Å². The van der Waals surface area contributed by atoms with Crippen LogP contribution in [0.15, 0.2) is 24.3 Å². The number of rotatable bonds is 2. The van der Waals surface area contributed by atoms with Crippen LogP contribution in [0.2, 0.25) is 0 Å². The van der Waals surface area contributed by atoms with Crippen molar-refractivity contribution in [2.45, 2.75) is 31.6 Å². The van der Waals surface area contributed by atoms with Gasteiger partial charge in [0.05, 0.1) is 5.92 Å². The highest BCUT2D eigenvalue weighted by Crippen LogP contribution is 2.41. The molecule has 3 aliphatic rings. The monoisotopic (exact) mass is 313 g/mol. The van der Waals surface area contributed by atoms with Crippen LogP contribution in [-0.2, 0) is 9.59 Å². The number of hydrogen-bond donors (Lipinski definition) is 2. The molecule has 0 radical (unpaired) electrons. The van der Waals surface area contributed by atoms with Crippen molar-refractivity contribution < 1.29 is 9.59 Å². The van der Waals surface area contributed by atoms with E-state index in [1.54, 1.807) is 0 Å². The van der Waals surface area contributed by atoms with Gasteiger partial charge in [-0.25, -0.2) is 0 Å². The summed E-state index contributed by atoms with van der Waals surface area (Å²) in [4.78, 5) is 25.8. The van der Waals surface area contributed by atoms with E-state index >= 15 is 0 Å². The van der Waals surface area contributed by atoms with E-state index < -0.39 is 0 Å². The van der Waals surface area contributed by atoms with Gasteiger partial charge >= 0.3 is 0 Å². The van der Waals surface area contributed by atoms with Gasteiger partial charge in [-0.2, -0.15) is 0 Å². The van der Waals surface area contributed by atoms with Crippen LogP contribution in [0.1, 0.15) is 37.2 Å². The van der Waals surface area contributed by atoms with Crippen LogP contribution in [0, 0.1) is 5.41 Å². The highest BCUT2D eigenvalue weighted by Gasteiger charge is 2.43. The fourth-order valence-corrected chi connectivity index (χ4v) is 4.17. The maximum absolute atomic E-state index is 12.1. The van der Waals surface area contributed by atoms with Crippen molar-refractivity contribution in [2.75, 3.05) is 31.1 Å². The number of carbonyl (C=O) groups is 2. The predicted molar refractivity (Wildman–Crippen MR) is 88.3 cm³/mol. The van der Waals surface area contributed by atoms with Crippen LogP contribution in [0.3, 0.4) is 0 Å². The number of imide groups is 1. The molecule has 1 aromatic carbocycles. The summed E-state index contributed by atoms with van der Waals surface area (Å²) < 4.78 is 0. The summed E-state index contributed by atoms with van der Waals surface area (Å²) in [5, 5.41) is 5.89. The van der Waals surface area contributed by atoms with Gasteiger partial charge < -0.3 is 10.2 Å². The van der Waals surface area contributed by atoms with Crippen molar-refractivity contribution in [3.63, 3.8) is 0 Å². The average Bonchev–Trinajstić information content (AvgIpc) is 2.53. The molecule has 1 aromatic rings. The summed E-state index contributed by atoms with van der Waals surface area (Å²) in [6, 6.07) is 8.29. The molecule has 5 heteroatoms. The van der Waals surface area contributed by atoms with Crippen molar-refractivity contribution in [2.24, 2.45) is 5.41 Å². The Balaban J connectivity index is 1.47. The molecule has 0 saturated carbocycles. The molecule has 3 fully saturated rings. The first kappa shape index (κ1) is 14.7. The Kier molecular flexibility index (Phi) is 3.60. The van der Waals surface area contributed by atoms with Crippen LogP contribution < -0.4 is 15.5 Å².